The van der Waals surface area contributed by atoms with Gasteiger partial charge in [-0.2, -0.15) is 0 Å². The minimum Gasteiger partial charge on any atom is -0.494 e. The Labute approximate surface area is 121 Å². The van der Waals surface area contributed by atoms with Gasteiger partial charge in [-0.3, -0.25) is 4.31 Å². The molecule has 1 aromatic carbocycles. The molecule has 112 valence electrons. The number of anilines is 1. The Bertz CT molecular complexity index is 566. The third-order valence-corrected chi connectivity index (χ3v) is 4.67. The minimum atomic E-state index is -3.19. The van der Waals surface area contributed by atoms with Gasteiger partial charge in [0.1, 0.15) is 5.75 Å². The molecule has 1 aliphatic heterocycles. The number of rotatable bonds is 5. The highest BCUT2D eigenvalue weighted by Gasteiger charge is 2.24. The van der Waals surface area contributed by atoms with E-state index in [9.17, 15) is 8.42 Å². The highest BCUT2D eigenvalue weighted by atomic mass is 32.2. The van der Waals surface area contributed by atoms with Crippen LogP contribution in [0.2, 0.25) is 0 Å². The summed E-state index contributed by atoms with van der Waals surface area (Å²) < 4.78 is 30.8. The van der Waals surface area contributed by atoms with Crippen LogP contribution in [-0.4, -0.2) is 27.8 Å². The molecule has 0 bridgehead atoms. The van der Waals surface area contributed by atoms with Crippen LogP contribution in [-0.2, 0) is 16.4 Å². The van der Waals surface area contributed by atoms with E-state index in [1.165, 1.54) is 10.6 Å². The van der Waals surface area contributed by atoms with E-state index in [4.69, 9.17) is 4.74 Å². The predicted octanol–water partition coefficient (Wildman–Crippen LogP) is 2.82. The number of hydrogen-bond donors (Lipinski definition) is 0. The topological polar surface area (TPSA) is 46.6 Å². The molecule has 2 rings (SSSR count). The summed E-state index contributed by atoms with van der Waals surface area (Å²) in [5.41, 5.74) is 1.86. The first-order valence-corrected chi connectivity index (χ1v) is 8.96. The maximum absolute atomic E-state index is 11.8. The molecule has 20 heavy (non-hydrogen) atoms. The second kappa shape index (κ2) is 6.04. The molecule has 0 fully saturated rings. The Hall–Kier alpha value is -1.23. The van der Waals surface area contributed by atoms with Crippen molar-refractivity contribution in [2.45, 2.75) is 33.1 Å². The summed E-state index contributed by atoms with van der Waals surface area (Å²) in [5, 5.41) is 0. The van der Waals surface area contributed by atoms with E-state index >= 15 is 0 Å². The largest absolute Gasteiger partial charge is 0.494 e. The lowest BCUT2D eigenvalue weighted by atomic mass is 10.0. The molecule has 0 atom stereocenters. The van der Waals surface area contributed by atoms with Gasteiger partial charge < -0.3 is 4.74 Å². The molecule has 0 aromatic heterocycles. The highest BCUT2D eigenvalue weighted by molar-refractivity contribution is 7.92. The molecule has 0 aliphatic carbocycles. The van der Waals surface area contributed by atoms with Gasteiger partial charge >= 0.3 is 0 Å². The number of ether oxygens (including phenoxy) is 1. The minimum absolute atomic E-state index is 0.569. The maximum atomic E-state index is 11.8. The van der Waals surface area contributed by atoms with Crippen molar-refractivity contribution < 1.29 is 13.2 Å². The first-order chi connectivity index (χ1) is 9.38. The van der Waals surface area contributed by atoms with E-state index in [0.29, 0.717) is 19.1 Å². The van der Waals surface area contributed by atoms with Crippen molar-refractivity contribution in [3.63, 3.8) is 0 Å². The van der Waals surface area contributed by atoms with Gasteiger partial charge in [-0.05, 0) is 48.9 Å². The number of aryl methyl sites for hydroxylation is 1. The second-order valence-corrected chi connectivity index (χ2v) is 7.67. The average Bonchev–Trinajstić information content (AvgIpc) is 2.36. The lowest BCUT2D eigenvalue weighted by molar-refractivity contribution is 0.289. The number of hydrogen-bond acceptors (Lipinski definition) is 3. The van der Waals surface area contributed by atoms with Gasteiger partial charge in [-0.15, -0.1) is 0 Å². The van der Waals surface area contributed by atoms with Gasteiger partial charge in [0.05, 0.1) is 18.6 Å². The Balaban J connectivity index is 2.15. The summed E-state index contributed by atoms with van der Waals surface area (Å²) in [7, 11) is -3.19. The van der Waals surface area contributed by atoms with Gasteiger partial charge in [0.15, 0.2) is 0 Å². The van der Waals surface area contributed by atoms with Crippen LogP contribution >= 0.6 is 0 Å². The molecule has 0 unspecified atom stereocenters. The van der Waals surface area contributed by atoms with Crippen molar-refractivity contribution in [3.05, 3.63) is 23.8 Å². The van der Waals surface area contributed by atoms with E-state index in [2.05, 4.69) is 13.8 Å². The van der Waals surface area contributed by atoms with Crippen LogP contribution in [0.25, 0.3) is 0 Å². The van der Waals surface area contributed by atoms with Crippen molar-refractivity contribution >= 4 is 15.7 Å². The van der Waals surface area contributed by atoms with E-state index in [0.717, 1.165) is 36.3 Å². The molecule has 0 radical (unpaired) electrons. The van der Waals surface area contributed by atoms with Gasteiger partial charge in [-0.1, -0.05) is 13.8 Å². The van der Waals surface area contributed by atoms with E-state index < -0.39 is 10.0 Å². The maximum Gasteiger partial charge on any atom is 0.232 e. The van der Waals surface area contributed by atoms with Crippen LogP contribution < -0.4 is 9.04 Å². The van der Waals surface area contributed by atoms with Crippen molar-refractivity contribution in [1.82, 2.24) is 0 Å². The third-order valence-electron chi connectivity index (χ3n) is 3.49. The molecule has 0 saturated carbocycles. The molecule has 1 aromatic rings. The molecular formula is C15H23NO3S. The van der Waals surface area contributed by atoms with E-state index in [-0.39, 0.29) is 0 Å². The Kier molecular flexibility index (Phi) is 4.58. The number of nitrogens with zero attached hydrogens (tertiary/aromatic N) is 1. The Morgan fingerprint density at radius 1 is 1.35 bits per heavy atom. The Morgan fingerprint density at radius 3 is 2.75 bits per heavy atom. The summed E-state index contributed by atoms with van der Waals surface area (Å²) >= 11 is 0. The van der Waals surface area contributed by atoms with Crippen LogP contribution in [0.1, 0.15) is 32.3 Å². The normalized spacial score (nSPS) is 15.3. The summed E-state index contributed by atoms with van der Waals surface area (Å²) in [6.07, 6.45) is 4.04. The first kappa shape index (κ1) is 15.2. The summed E-state index contributed by atoms with van der Waals surface area (Å²) in [5.74, 6) is 1.45. The standard InChI is InChI=1S/C15H23NO3S/c1-12(2)8-10-19-14-6-7-15-13(11-14)5-4-9-16(15)20(3,17)18/h6-7,11-12H,4-5,8-10H2,1-3H3. The molecule has 0 N–H and O–H groups in total. The molecule has 1 heterocycles. The fourth-order valence-corrected chi connectivity index (χ4v) is 3.38. The molecule has 4 nitrogen and oxygen atoms in total. The van der Waals surface area contributed by atoms with Crippen molar-refractivity contribution in [2.75, 3.05) is 23.7 Å². The van der Waals surface area contributed by atoms with Gasteiger partial charge in [-0.25, -0.2) is 8.42 Å². The molecule has 1 aliphatic rings. The number of fused-ring (bicyclic) bond motifs is 1. The van der Waals surface area contributed by atoms with Gasteiger partial charge in [0, 0.05) is 6.54 Å². The fraction of sp³-hybridized carbons (Fsp3) is 0.600. The zero-order chi connectivity index (χ0) is 14.8. The molecular weight excluding hydrogens is 274 g/mol. The lowest BCUT2D eigenvalue weighted by Crippen LogP contribution is -2.34. The summed E-state index contributed by atoms with van der Waals surface area (Å²) in [6.45, 7) is 5.60. The van der Waals surface area contributed by atoms with Crippen LogP contribution in [0.5, 0.6) is 5.75 Å². The van der Waals surface area contributed by atoms with E-state index in [1.54, 1.807) is 0 Å². The summed E-state index contributed by atoms with van der Waals surface area (Å²) in [4.78, 5) is 0. The predicted molar refractivity (Wildman–Crippen MR) is 81.9 cm³/mol. The van der Waals surface area contributed by atoms with Gasteiger partial charge in [0.2, 0.25) is 10.0 Å². The smallest absolute Gasteiger partial charge is 0.232 e. The highest BCUT2D eigenvalue weighted by Crippen LogP contribution is 2.32. The molecule has 0 amide bonds. The quantitative estimate of drug-likeness (QED) is 0.839. The van der Waals surface area contributed by atoms with Gasteiger partial charge in [0.25, 0.3) is 0 Å². The average molecular weight is 297 g/mol. The SMILES string of the molecule is CC(C)CCOc1ccc2c(c1)CCCN2S(C)(=O)=O. The first-order valence-electron chi connectivity index (χ1n) is 7.11. The van der Waals surface area contributed by atoms with Crippen LogP contribution in [0.15, 0.2) is 18.2 Å². The zero-order valence-electron chi connectivity index (χ0n) is 12.4. The lowest BCUT2D eigenvalue weighted by Gasteiger charge is -2.29. The van der Waals surface area contributed by atoms with Crippen LogP contribution in [0.4, 0.5) is 5.69 Å². The van der Waals surface area contributed by atoms with Crippen LogP contribution in [0, 0.1) is 5.92 Å². The van der Waals surface area contributed by atoms with Crippen molar-refractivity contribution in [2.24, 2.45) is 5.92 Å². The molecule has 0 spiro atoms. The molecule has 5 heteroatoms. The number of sulfonamides is 1. The fourth-order valence-electron chi connectivity index (χ4n) is 2.39. The van der Waals surface area contributed by atoms with E-state index in [1.807, 2.05) is 18.2 Å². The number of benzene rings is 1. The Morgan fingerprint density at radius 2 is 2.10 bits per heavy atom. The van der Waals surface area contributed by atoms with Crippen molar-refractivity contribution in [1.29, 1.82) is 0 Å². The zero-order valence-corrected chi connectivity index (χ0v) is 13.2. The summed E-state index contributed by atoms with van der Waals surface area (Å²) in [6, 6.07) is 5.70. The van der Waals surface area contributed by atoms with Crippen molar-refractivity contribution in [3.8, 4) is 5.75 Å². The van der Waals surface area contributed by atoms with Crippen LogP contribution in [0.3, 0.4) is 0 Å². The third kappa shape index (κ3) is 3.66. The monoisotopic (exact) mass is 297 g/mol. The second-order valence-electron chi connectivity index (χ2n) is 5.76. The molecule has 0 saturated heterocycles.